The number of ether oxygens (including phenoxy) is 1. The summed E-state index contributed by atoms with van der Waals surface area (Å²) in [6, 6.07) is 3.93. The first kappa shape index (κ1) is 16.8. The highest BCUT2D eigenvalue weighted by atomic mass is 19.1. The van der Waals surface area contributed by atoms with Gasteiger partial charge in [0.15, 0.2) is 11.6 Å². The monoisotopic (exact) mass is 320 g/mol. The number of methoxy groups -OCH3 is 1. The third kappa shape index (κ3) is 4.70. The van der Waals surface area contributed by atoms with Crippen molar-refractivity contribution in [3.8, 4) is 5.75 Å². The fraction of sp³-hybridized carbons (Fsp3) is 0.375. The Labute approximate surface area is 134 Å². The zero-order chi connectivity index (χ0) is 16.8. The Morgan fingerprint density at radius 3 is 2.78 bits per heavy atom. The predicted octanol–water partition coefficient (Wildman–Crippen LogP) is 2.48. The summed E-state index contributed by atoms with van der Waals surface area (Å²) in [5, 5.41) is 5.63. The maximum Gasteiger partial charge on any atom is 0.315 e. The van der Waals surface area contributed by atoms with Crippen LogP contribution in [-0.4, -0.2) is 28.7 Å². The van der Waals surface area contributed by atoms with Gasteiger partial charge in [0, 0.05) is 25.0 Å². The number of imidazole rings is 1. The van der Waals surface area contributed by atoms with Crippen molar-refractivity contribution in [1.29, 1.82) is 0 Å². The molecular weight excluding hydrogens is 299 g/mol. The van der Waals surface area contributed by atoms with Crippen molar-refractivity contribution >= 4 is 6.03 Å². The van der Waals surface area contributed by atoms with Crippen LogP contribution in [-0.2, 0) is 6.54 Å². The summed E-state index contributed by atoms with van der Waals surface area (Å²) < 4.78 is 20.5. The minimum absolute atomic E-state index is 0.0657. The lowest BCUT2D eigenvalue weighted by Crippen LogP contribution is -2.43. The van der Waals surface area contributed by atoms with Crippen LogP contribution in [0.25, 0.3) is 0 Å². The van der Waals surface area contributed by atoms with Crippen LogP contribution in [0.3, 0.4) is 0 Å². The zero-order valence-corrected chi connectivity index (χ0v) is 13.4. The van der Waals surface area contributed by atoms with Crippen molar-refractivity contribution in [2.45, 2.75) is 32.5 Å². The lowest BCUT2D eigenvalue weighted by molar-refractivity contribution is 0.233. The number of aromatic nitrogens is 2. The van der Waals surface area contributed by atoms with Gasteiger partial charge in [0.05, 0.1) is 19.5 Å². The van der Waals surface area contributed by atoms with Crippen LogP contribution in [0.1, 0.15) is 25.5 Å². The van der Waals surface area contributed by atoms with Crippen molar-refractivity contribution < 1.29 is 13.9 Å². The molecule has 0 aliphatic carbocycles. The number of nitrogens with zero attached hydrogens (tertiary/aromatic N) is 2. The van der Waals surface area contributed by atoms with Gasteiger partial charge in [0.2, 0.25) is 0 Å². The smallest absolute Gasteiger partial charge is 0.315 e. The summed E-state index contributed by atoms with van der Waals surface area (Å²) in [6.45, 7) is 4.32. The van der Waals surface area contributed by atoms with Gasteiger partial charge in [-0.15, -0.1) is 0 Å². The second kappa shape index (κ2) is 7.62. The molecule has 0 saturated carbocycles. The molecule has 2 N–H and O–H groups in total. The molecule has 2 amide bonds. The molecule has 0 fully saturated rings. The molecule has 23 heavy (non-hydrogen) atoms. The van der Waals surface area contributed by atoms with Crippen molar-refractivity contribution in [1.82, 2.24) is 20.2 Å². The summed E-state index contributed by atoms with van der Waals surface area (Å²) in [7, 11) is 1.41. The van der Waals surface area contributed by atoms with Crippen LogP contribution < -0.4 is 15.4 Å². The molecule has 0 bridgehead atoms. The summed E-state index contributed by atoms with van der Waals surface area (Å²) in [6.07, 6.45) is 5.21. The van der Waals surface area contributed by atoms with Crippen LogP contribution in [0.2, 0.25) is 0 Å². The zero-order valence-electron chi connectivity index (χ0n) is 13.4. The highest BCUT2D eigenvalue weighted by Crippen LogP contribution is 2.21. The van der Waals surface area contributed by atoms with E-state index in [2.05, 4.69) is 15.6 Å². The fourth-order valence-electron chi connectivity index (χ4n) is 2.25. The van der Waals surface area contributed by atoms with Crippen LogP contribution >= 0.6 is 0 Å². The molecule has 0 radical (unpaired) electrons. The minimum atomic E-state index is -0.451. The molecule has 7 heteroatoms. The van der Waals surface area contributed by atoms with Gasteiger partial charge >= 0.3 is 6.03 Å². The Kier molecular flexibility index (Phi) is 5.56. The molecule has 2 rings (SSSR count). The fourth-order valence-corrected chi connectivity index (χ4v) is 2.25. The molecule has 0 spiro atoms. The Bertz CT molecular complexity index is 646. The van der Waals surface area contributed by atoms with Crippen molar-refractivity contribution in [3.63, 3.8) is 0 Å². The van der Waals surface area contributed by atoms with Crippen LogP contribution in [0, 0.1) is 5.82 Å². The summed E-state index contributed by atoms with van der Waals surface area (Å²) in [5.74, 6) is -0.271. The van der Waals surface area contributed by atoms with Gasteiger partial charge in [-0.25, -0.2) is 14.2 Å². The number of halogens is 1. The third-order valence-corrected chi connectivity index (χ3v) is 3.44. The van der Waals surface area contributed by atoms with Crippen LogP contribution in [0.4, 0.5) is 9.18 Å². The number of rotatable bonds is 6. The molecule has 0 saturated heterocycles. The molecule has 2 aromatic rings. The number of hydrogen-bond donors (Lipinski definition) is 2. The molecule has 1 aromatic heterocycles. The van der Waals surface area contributed by atoms with Gasteiger partial charge in [-0.2, -0.15) is 0 Å². The van der Waals surface area contributed by atoms with Crippen molar-refractivity contribution in [3.05, 3.63) is 48.3 Å². The van der Waals surface area contributed by atoms with Crippen molar-refractivity contribution in [2.24, 2.45) is 0 Å². The second-order valence-corrected chi connectivity index (χ2v) is 5.39. The maximum atomic E-state index is 13.7. The van der Waals surface area contributed by atoms with E-state index in [-0.39, 0.29) is 23.9 Å². The van der Waals surface area contributed by atoms with Gasteiger partial charge in [-0.05, 0) is 31.5 Å². The first-order valence-corrected chi connectivity index (χ1v) is 7.35. The Hall–Kier alpha value is -2.57. The molecule has 0 aliphatic heterocycles. The minimum Gasteiger partial charge on any atom is -0.494 e. The highest BCUT2D eigenvalue weighted by Gasteiger charge is 2.14. The van der Waals surface area contributed by atoms with Gasteiger partial charge in [0.1, 0.15) is 0 Å². The van der Waals surface area contributed by atoms with Crippen LogP contribution in [0.15, 0.2) is 36.9 Å². The molecule has 1 aromatic carbocycles. The van der Waals surface area contributed by atoms with Gasteiger partial charge in [-0.3, -0.25) is 0 Å². The predicted molar refractivity (Wildman–Crippen MR) is 84.7 cm³/mol. The number of carbonyl (C=O) groups excluding carboxylic acids is 1. The van der Waals surface area contributed by atoms with Crippen LogP contribution in [0.5, 0.6) is 5.75 Å². The standard InChI is InChI=1S/C16H21FN4O2/c1-11(9-21-7-6-18-10-21)19-16(22)20-12(2)13-4-5-15(23-3)14(17)8-13/h4-8,10-12H,9H2,1-3H3,(H2,19,20,22)/t11-,12+/m1/s1. The third-order valence-electron chi connectivity index (χ3n) is 3.44. The van der Waals surface area contributed by atoms with E-state index in [9.17, 15) is 9.18 Å². The number of amides is 2. The molecular formula is C16H21FN4O2. The topological polar surface area (TPSA) is 68.2 Å². The van der Waals surface area contributed by atoms with E-state index in [0.29, 0.717) is 12.1 Å². The Morgan fingerprint density at radius 2 is 2.17 bits per heavy atom. The summed E-state index contributed by atoms with van der Waals surface area (Å²) in [4.78, 5) is 16.0. The van der Waals surface area contributed by atoms with E-state index < -0.39 is 5.82 Å². The summed E-state index contributed by atoms with van der Waals surface area (Å²) >= 11 is 0. The quantitative estimate of drug-likeness (QED) is 0.859. The van der Waals surface area contributed by atoms with E-state index in [0.717, 1.165) is 0 Å². The van der Waals surface area contributed by atoms with E-state index in [1.54, 1.807) is 31.6 Å². The average Bonchev–Trinajstić information content (AvgIpc) is 2.99. The number of hydrogen-bond acceptors (Lipinski definition) is 3. The number of benzene rings is 1. The molecule has 0 unspecified atom stereocenters. The molecule has 1 heterocycles. The molecule has 6 nitrogen and oxygen atoms in total. The Morgan fingerprint density at radius 1 is 1.39 bits per heavy atom. The molecule has 124 valence electrons. The first-order chi connectivity index (χ1) is 11.0. The Balaban J connectivity index is 1.87. The number of carbonyl (C=O) groups is 1. The molecule has 2 atom stereocenters. The average molecular weight is 320 g/mol. The van der Waals surface area contributed by atoms with E-state index in [1.807, 2.05) is 17.7 Å². The summed E-state index contributed by atoms with van der Waals surface area (Å²) in [5.41, 5.74) is 0.667. The first-order valence-electron chi connectivity index (χ1n) is 7.35. The molecule has 0 aliphatic rings. The van der Waals surface area contributed by atoms with Gasteiger partial charge < -0.3 is 19.9 Å². The SMILES string of the molecule is COc1ccc([C@H](C)NC(=O)N[C@H](C)Cn2ccnc2)cc1F. The van der Waals surface area contributed by atoms with Crippen molar-refractivity contribution in [2.75, 3.05) is 7.11 Å². The van der Waals surface area contributed by atoms with Gasteiger partial charge in [0.25, 0.3) is 0 Å². The lowest BCUT2D eigenvalue weighted by Gasteiger charge is -2.19. The van der Waals surface area contributed by atoms with Gasteiger partial charge in [-0.1, -0.05) is 6.07 Å². The van der Waals surface area contributed by atoms with E-state index in [1.165, 1.54) is 13.2 Å². The largest absolute Gasteiger partial charge is 0.494 e. The lowest BCUT2D eigenvalue weighted by atomic mass is 10.1. The number of urea groups is 1. The maximum absolute atomic E-state index is 13.7. The normalized spacial score (nSPS) is 13.2. The van der Waals surface area contributed by atoms with E-state index in [4.69, 9.17) is 4.74 Å². The highest BCUT2D eigenvalue weighted by molar-refractivity contribution is 5.74. The van der Waals surface area contributed by atoms with E-state index >= 15 is 0 Å². The second-order valence-electron chi connectivity index (χ2n) is 5.39. The number of nitrogens with one attached hydrogen (secondary N) is 2.